The number of ketones is 1. The highest BCUT2D eigenvalue weighted by Gasteiger charge is 2.62. The Morgan fingerprint density at radius 3 is 2.74 bits per heavy atom. The summed E-state index contributed by atoms with van der Waals surface area (Å²) in [5.41, 5.74) is 0.705. The molecule has 23 heavy (non-hydrogen) atoms. The molecular formula is C19H29NO3. The van der Waals surface area contributed by atoms with Crippen LogP contribution in [0.4, 0.5) is 0 Å². The number of oxime groups is 1. The lowest BCUT2D eigenvalue weighted by atomic mass is 9.45. The zero-order valence-electron chi connectivity index (χ0n) is 14.1. The molecule has 0 amide bonds. The van der Waals surface area contributed by atoms with Crippen molar-refractivity contribution in [1.82, 2.24) is 0 Å². The van der Waals surface area contributed by atoms with Crippen LogP contribution in [0.15, 0.2) is 5.16 Å². The lowest BCUT2D eigenvalue weighted by molar-refractivity contribution is -0.140. The van der Waals surface area contributed by atoms with E-state index in [4.69, 9.17) is 0 Å². The topological polar surface area (TPSA) is 69.9 Å². The van der Waals surface area contributed by atoms with Crippen LogP contribution in [0.1, 0.15) is 64.7 Å². The molecule has 0 bridgehead atoms. The van der Waals surface area contributed by atoms with Crippen molar-refractivity contribution in [2.24, 2.45) is 39.7 Å². The minimum Gasteiger partial charge on any atom is -0.411 e. The maximum Gasteiger partial charge on any atom is 0.141 e. The molecule has 0 aromatic rings. The standard InChI is InChI=1S/C19H29NO3/c1-18-8-3-2-4-15(18)16(20-23)10-12-13(18)7-9-19(11-21)14(12)5-6-17(19)22/h12-15,21,23H,2-11H2,1H3/b20-16+/t12-,13+,14+,15?,18-,19-/m1/s1. The van der Waals surface area contributed by atoms with E-state index in [0.29, 0.717) is 24.2 Å². The fourth-order valence-corrected chi connectivity index (χ4v) is 7.11. The summed E-state index contributed by atoms with van der Waals surface area (Å²) in [6, 6.07) is 0. The lowest BCUT2D eigenvalue weighted by Gasteiger charge is -2.59. The molecule has 4 aliphatic rings. The van der Waals surface area contributed by atoms with Gasteiger partial charge in [0.15, 0.2) is 0 Å². The Hall–Kier alpha value is -0.900. The Bertz CT molecular complexity index is 545. The molecule has 4 rings (SSSR count). The Labute approximate surface area is 138 Å². The molecule has 4 heteroatoms. The Kier molecular flexibility index (Phi) is 3.60. The van der Waals surface area contributed by atoms with Crippen LogP contribution in [0.3, 0.4) is 0 Å². The number of nitrogens with zero attached hydrogens (tertiary/aromatic N) is 1. The molecule has 0 heterocycles. The molecule has 1 unspecified atom stereocenters. The summed E-state index contributed by atoms with van der Waals surface area (Å²) in [5, 5.41) is 23.4. The van der Waals surface area contributed by atoms with Gasteiger partial charge in [-0.15, -0.1) is 0 Å². The molecule has 4 nitrogen and oxygen atoms in total. The Morgan fingerprint density at radius 1 is 1.17 bits per heavy atom. The number of hydrogen-bond acceptors (Lipinski definition) is 4. The van der Waals surface area contributed by atoms with Crippen LogP contribution in [0.25, 0.3) is 0 Å². The van der Waals surface area contributed by atoms with Crippen molar-refractivity contribution in [3.05, 3.63) is 0 Å². The summed E-state index contributed by atoms with van der Waals surface area (Å²) in [5.74, 6) is 2.01. The SMILES string of the molecule is C[C@]12CCCCC1/C(=N/O)C[C@H]1[C@@H]3CCC(=O)[C@@]3(CO)CC[C@@H]12. The van der Waals surface area contributed by atoms with Gasteiger partial charge in [-0.05, 0) is 61.7 Å². The van der Waals surface area contributed by atoms with Gasteiger partial charge in [-0.1, -0.05) is 24.9 Å². The quantitative estimate of drug-likeness (QED) is 0.575. The van der Waals surface area contributed by atoms with Gasteiger partial charge in [-0.3, -0.25) is 4.79 Å². The fraction of sp³-hybridized carbons (Fsp3) is 0.895. The van der Waals surface area contributed by atoms with E-state index >= 15 is 0 Å². The Morgan fingerprint density at radius 2 is 2.00 bits per heavy atom. The second-order valence-corrected chi connectivity index (χ2v) is 8.79. The van der Waals surface area contributed by atoms with E-state index in [1.165, 1.54) is 19.3 Å². The molecule has 4 saturated carbocycles. The number of aliphatic hydroxyl groups excluding tert-OH is 1. The molecular weight excluding hydrogens is 290 g/mol. The van der Waals surface area contributed by atoms with Gasteiger partial charge in [0.25, 0.3) is 0 Å². The summed E-state index contributed by atoms with van der Waals surface area (Å²) in [6.45, 7) is 2.41. The number of Topliss-reactive ketones (excluding diaryl/α,β-unsaturated/α-hetero) is 1. The highest BCUT2D eigenvalue weighted by Crippen LogP contribution is 2.64. The summed E-state index contributed by atoms with van der Waals surface area (Å²) in [4.78, 5) is 12.5. The van der Waals surface area contributed by atoms with Crippen molar-refractivity contribution in [2.75, 3.05) is 6.61 Å². The monoisotopic (exact) mass is 319 g/mol. The van der Waals surface area contributed by atoms with Gasteiger partial charge in [-0.25, -0.2) is 0 Å². The molecule has 128 valence electrons. The van der Waals surface area contributed by atoms with Gasteiger partial charge in [0.2, 0.25) is 0 Å². The number of carbonyl (C=O) groups excluding carboxylic acids is 1. The zero-order chi connectivity index (χ0) is 16.2. The van der Waals surface area contributed by atoms with Crippen LogP contribution >= 0.6 is 0 Å². The summed E-state index contributed by atoms with van der Waals surface area (Å²) >= 11 is 0. The Balaban J connectivity index is 1.74. The first-order chi connectivity index (χ1) is 11.1. The number of rotatable bonds is 1. The van der Waals surface area contributed by atoms with Gasteiger partial charge < -0.3 is 10.3 Å². The van der Waals surface area contributed by atoms with E-state index < -0.39 is 5.41 Å². The van der Waals surface area contributed by atoms with Crippen LogP contribution in [-0.2, 0) is 4.79 Å². The molecule has 0 saturated heterocycles. The lowest BCUT2D eigenvalue weighted by Crippen LogP contribution is -2.57. The highest BCUT2D eigenvalue weighted by atomic mass is 16.4. The molecule has 0 aromatic heterocycles. The van der Waals surface area contributed by atoms with Gasteiger partial charge in [0.05, 0.1) is 17.7 Å². The molecule has 0 aliphatic heterocycles. The first-order valence-electron chi connectivity index (χ1n) is 9.42. The largest absolute Gasteiger partial charge is 0.411 e. The minimum atomic E-state index is -0.487. The van der Waals surface area contributed by atoms with Crippen LogP contribution in [-0.4, -0.2) is 28.4 Å². The van der Waals surface area contributed by atoms with Crippen molar-refractivity contribution in [1.29, 1.82) is 0 Å². The van der Waals surface area contributed by atoms with Crippen LogP contribution in [0, 0.1) is 34.5 Å². The molecule has 0 radical (unpaired) electrons. The number of carbonyl (C=O) groups is 1. The third-order valence-corrected chi connectivity index (χ3v) is 8.24. The normalized spacial score (nSPS) is 51.2. The zero-order valence-corrected chi connectivity index (χ0v) is 14.1. The van der Waals surface area contributed by atoms with Gasteiger partial charge in [0.1, 0.15) is 5.78 Å². The van der Waals surface area contributed by atoms with Crippen molar-refractivity contribution in [3.8, 4) is 0 Å². The highest BCUT2D eigenvalue weighted by molar-refractivity contribution is 5.90. The average molecular weight is 319 g/mol. The van der Waals surface area contributed by atoms with E-state index in [2.05, 4.69) is 12.1 Å². The second kappa shape index (κ2) is 5.30. The number of fused-ring (bicyclic) bond motifs is 5. The molecule has 0 aromatic carbocycles. The predicted octanol–water partition coefficient (Wildman–Crippen LogP) is 3.40. The third kappa shape index (κ3) is 1.93. The van der Waals surface area contributed by atoms with Crippen molar-refractivity contribution in [2.45, 2.75) is 64.7 Å². The molecule has 6 atom stereocenters. The van der Waals surface area contributed by atoms with E-state index in [1.54, 1.807) is 0 Å². The smallest absolute Gasteiger partial charge is 0.141 e. The maximum absolute atomic E-state index is 12.5. The van der Waals surface area contributed by atoms with Crippen molar-refractivity contribution < 1.29 is 15.1 Å². The second-order valence-electron chi connectivity index (χ2n) is 8.79. The minimum absolute atomic E-state index is 0.00542. The van der Waals surface area contributed by atoms with E-state index in [-0.39, 0.29) is 23.7 Å². The maximum atomic E-state index is 12.5. The van der Waals surface area contributed by atoms with Gasteiger partial charge in [-0.2, -0.15) is 0 Å². The molecule has 4 aliphatic carbocycles. The number of hydrogen-bond donors (Lipinski definition) is 2. The third-order valence-electron chi connectivity index (χ3n) is 8.24. The summed E-state index contributed by atoms with van der Waals surface area (Å²) < 4.78 is 0. The van der Waals surface area contributed by atoms with Crippen LogP contribution < -0.4 is 0 Å². The molecule has 4 fully saturated rings. The van der Waals surface area contributed by atoms with Gasteiger partial charge in [0, 0.05) is 12.3 Å². The first-order valence-corrected chi connectivity index (χ1v) is 9.42. The average Bonchev–Trinajstić information content (AvgIpc) is 2.91. The predicted molar refractivity (Wildman–Crippen MR) is 87.4 cm³/mol. The summed E-state index contributed by atoms with van der Waals surface area (Å²) in [6.07, 6.45) is 9.16. The molecule has 2 N–H and O–H groups in total. The van der Waals surface area contributed by atoms with E-state index in [1.807, 2.05) is 0 Å². The van der Waals surface area contributed by atoms with Crippen LogP contribution in [0.2, 0.25) is 0 Å². The van der Waals surface area contributed by atoms with E-state index in [9.17, 15) is 15.1 Å². The van der Waals surface area contributed by atoms with Crippen LogP contribution in [0.5, 0.6) is 0 Å². The first kappa shape index (κ1) is 15.6. The fourth-order valence-electron chi connectivity index (χ4n) is 7.11. The number of aliphatic hydroxyl groups is 1. The van der Waals surface area contributed by atoms with Gasteiger partial charge >= 0.3 is 0 Å². The summed E-state index contributed by atoms with van der Waals surface area (Å²) in [7, 11) is 0. The molecule has 0 spiro atoms. The van der Waals surface area contributed by atoms with Crippen molar-refractivity contribution >= 4 is 11.5 Å². The van der Waals surface area contributed by atoms with E-state index in [0.717, 1.165) is 37.8 Å². The van der Waals surface area contributed by atoms with Crippen molar-refractivity contribution in [3.63, 3.8) is 0 Å².